The van der Waals surface area contributed by atoms with Crippen molar-refractivity contribution in [3.63, 3.8) is 0 Å². The summed E-state index contributed by atoms with van der Waals surface area (Å²) in [5, 5.41) is 0. The summed E-state index contributed by atoms with van der Waals surface area (Å²) in [4.78, 5) is 2.65. The van der Waals surface area contributed by atoms with Gasteiger partial charge < -0.3 is 0 Å². The van der Waals surface area contributed by atoms with Crippen molar-refractivity contribution in [2.45, 2.75) is 0 Å². The molecule has 0 N–H and O–H groups in total. The van der Waals surface area contributed by atoms with Crippen LogP contribution < -0.4 is 0 Å². The summed E-state index contributed by atoms with van der Waals surface area (Å²) < 4.78 is 0. The Kier molecular flexibility index (Phi) is 3.58. The Bertz CT molecular complexity index is 583. The lowest BCUT2D eigenvalue weighted by atomic mass is 10.2. The number of allylic oxidation sites excluding steroid dienone is 1. The van der Waals surface area contributed by atoms with Crippen LogP contribution in [-0.2, 0) is 0 Å². The van der Waals surface area contributed by atoms with Gasteiger partial charge in [0.2, 0.25) is 0 Å². The maximum Gasteiger partial charge on any atom is 0.0270 e. The number of hydrogen-bond acceptors (Lipinski definition) is 2. The molecule has 18 heavy (non-hydrogen) atoms. The van der Waals surface area contributed by atoms with E-state index < -0.39 is 0 Å². The van der Waals surface area contributed by atoms with Crippen molar-refractivity contribution >= 4 is 32.6 Å². The fraction of sp³-hybridized carbons (Fsp3) is 0. The Hall–Kier alpha value is -1.38. The quantitative estimate of drug-likeness (QED) is 0.663. The molecule has 2 aromatic carbocycles. The van der Waals surface area contributed by atoms with Crippen molar-refractivity contribution in [1.82, 2.24) is 0 Å². The lowest BCUT2D eigenvalue weighted by Gasteiger charge is -1.97. The normalized spacial score (nSPS) is 16.9. The second kappa shape index (κ2) is 5.51. The van der Waals surface area contributed by atoms with Crippen LogP contribution in [0.2, 0.25) is 0 Å². The molecular weight excluding hydrogens is 256 g/mol. The molecular formula is C16H12S2. The fourth-order valence-corrected chi connectivity index (χ4v) is 4.08. The van der Waals surface area contributed by atoms with Gasteiger partial charge in [-0.05, 0) is 23.3 Å². The SMILES string of the molecule is C1=C(c2ccccc2)SS/C1=C\c1ccccc1. The first-order valence-electron chi connectivity index (χ1n) is 5.80. The van der Waals surface area contributed by atoms with Crippen molar-refractivity contribution in [1.29, 1.82) is 0 Å². The first-order valence-corrected chi connectivity index (χ1v) is 7.95. The van der Waals surface area contributed by atoms with Crippen molar-refractivity contribution < 1.29 is 0 Å². The molecule has 0 saturated heterocycles. The second-order valence-electron chi connectivity index (χ2n) is 4.00. The molecule has 0 radical (unpaired) electrons. The molecule has 0 spiro atoms. The molecule has 0 fully saturated rings. The highest BCUT2D eigenvalue weighted by molar-refractivity contribution is 8.82. The van der Waals surface area contributed by atoms with Gasteiger partial charge in [0.25, 0.3) is 0 Å². The second-order valence-corrected chi connectivity index (χ2v) is 6.24. The van der Waals surface area contributed by atoms with Crippen molar-refractivity contribution in [3.8, 4) is 0 Å². The van der Waals surface area contributed by atoms with E-state index in [1.54, 1.807) is 0 Å². The van der Waals surface area contributed by atoms with Crippen LogP contribution >= 0.6 is 21.6 Å². The predicted octanol–water partition coefficient (Wildman–Crippen LogP) is 5.46. The van der Waals surface area contributed by atoms with E-state index in [2.05, 4.69) is 66.7 Å². The van der Waals surface area contributed by atoms with Crippen molar-refractivity contribution in [3.05, 3.63) is 82.8 Å². The zero-order chi connectivity index (χ0) is 12.2. The predicted molar refractivity (Wildman–Crippen MR) is 84.0 cm³/mol. The highest BCUT2D eigenvalue weighted by atomic mass is 33.1. The molecule has 0 atom stereocenters. The standard InChI is InChI=1S/C16H12S2/c1-3-7-13(8-4-1)11-15-12-16(18-17-15)14-9-5-2-6-10-14/h1-12H/b15-11-. The van der Waals surface area contributed by atoms with Crippen LogP contribution in [0.25, 0.3) is 11.0 Å². The number of hydrogen-bond donors (Lipinski definition) is 0. The minimum Gasteiger partial charge on any atom is -0.0622 e. The van der Waals surface area contributed by atoms with Gasteiger partial charge in [-0.1, -0.05) is 82.3 Å². The maximum atomic E-state index is 2.26. The summed E-state index contributed by atoms with van der Waals surface area (Å²) in [6.07, 6.45) is 4.49. The van der Waals surface area contributed by atoms with E-state index in [1.165, 1.54) is 20.9 Å². The molecule has 1 aliphatic rings. The Labute approximate surface area is 115 Å². The van der Waals surface area contributed by atoms with Gasteiger partial charge in [0, 0.05) is 9.81 Å². The smallest absolute Gasteiger partial charge is 0.0270 e. The molecule has 2 aromatic rings. The van der Waals surface area contributed by atoms with Crippen LogP contribution in [0.15, 0.2) is 71.6 Å². The Morgan fingerprint density at radius 1 is 0.722 bits per heavy atom. The van der Waals surface area contributed by atoms with E-state index in [0.717, 1.165) is 0 Å². The first kappa shape index (κ1) is 11.7. The van der Waals surface area contributed by atoms with E-state index >= 15 is 0 Å². The Balaban J connectivity index is 1.86. The third kappa shape index (κ3) is 2.71. The highest BCUT2D eigenvalue weighted by Crippen LogP contribution is 2.49. The highest BCUT2D eigenvalue weighted by Gasteiger charge is 2.12. The van der Waals surface area contributed by atoms with Gasteiger partial charge in [-0.2, -0.15) is 0 Å². The largest absolute Gasteiger partial charge is 0.0622 e. The lowest BCUT2D eigenvalue weighted by Crippen LogP contribution is -1.74. The minimum absolute atomic E-state index is 1.26. The van der Waals surface area contributed by atoms with Crippen LogP contribution in [-0.4, -0.2) is 0 Å². The zero-order valence-electron chi connectivity index (χ0n) is 9.74. The summed E-state index contributed by atoms with van der Waals surface area (Å²) in [5.74, 6) is 0. The molecule has 88 valence electrons. The summed E-state index contributed by atoms with van der Waals surface area (Å²) in [6, 6.07) is 21.0. The number of rotatable bonds is 2. The molecule has 0 nitrogen and oxygen atoms in total. The lowest BCUT2D eigenvalue weighted by molar-refractivity contribution is 1.64. The molecule has 1 aliphatic heterocycles. The van der Waals surface area contributed by atoms with Gasteiger partial charge in [0.05, 0.1) is 0 Å². The average Bonchev–Trinajstić information content (AvgIpc) is 2.89. The molecule has 0 aromatic heterocycles. The van der Waals surface area contributed by atoms with Crippen LogP contribution in [0.3, 0.4) is 0 Å². The first-order chi connectivity index (χ1) is 8.92. The van der Waals surface area contributed by atoms with E-state index in [-0.39, 0.29) is 0 Å². The van der Waals surface area contributed by atoms with Gasteiger partial charge >= 0.3 is 0 Å². The van der Waals surface area contributed by atoms with Crippen LogP contribution in [0, 0.1) is 0 Å². The molecule has 0 aliphatic carbocycles. The monoisotopic (exact) mass is 268 g/mol. The molecule has 3 rings (SSSR count). The summed E-state index contributed by atoms with van der Waals surface area (Å²) in [7, 11) is 3.66. The van der Waals surface area contributed by atoms with Crippen LogP contribution in [0.4, 0.5) is 0 Å². The van der Waals surface area contributed by atoms with Gasteiger partial charge in [0.1, 0.15) is 0 Å². The summed E-state index contributed by atoms with van der Waals surface area (Å²) >= 11 is 0. The number of benzene rings is 2. The minimum atomic E-state index is 1.26. The van der Waals surface area contributed by atoms with Crippen molar-refractivity contribution in [2.75, 3.05) is 0 Å². The van der Waals surface area contributed by atoms with Crippen LogP contribution in [0.1, 0.15) is 11.1 Å². The maximum absolute atomic E-state index is 2.26. The van der Waals surface area contributed by atoms with Crippen molar-refractivity contribution in [2.24, 2.45) is 0 Å². The zero-order valence-corrected chi connectivity index (χ0v) is 11.4. The van der Waals surface area contributed by atoms with E-state index in [0.29, 0.717) is 0 Å². The molecule has 2 heteroatoms. The van der Waals surface area contributed by atoms with Gasteiger partial charge in [0.15, 0.2) is 0 Å². The van der Waals surface area contributed by atoms with Crippen LogP contribution in [0.5, 0.6) is 0 Å². The van der Waals surface area contributed by atoms with Gasteiger partial charge in [-0.3, -0.25) is 0 Å². The molecule has 0 amide bonds. The third-order valence-corrected chi connectivity index (χ3v) is 5.08. The Morgan fingerprint density at radius 3 is 2.11 bits per heavy atom. The summed E-state index contributed by atoms with van der Waals surface area (Å²) in [6.45, 7) is 0. The van der Waals surface area contributed by atoms with E-state index in [9.17, 15) is 0 Å². The van der Waals surface area contributed by atoms with E-state index in [1.807, 2.05) is 27.7 Å². The average molecular weight is 268 g/mol. The fourth-order valence-electron chi connectivity index (χ4n) is 1.78. The topological polar surface area (TPSA) is 0 Å². The molecule has 1 heterocycles. The Morgan fingerprint density at radius 2 is 1.39 bits per heavy atom. The van der Waals surface area contributed by atoms with Gasteiger partial charge in [-0.25, -0.2) is 0 Å². The molecule has 0 bridgehead atoms. The molecule has 0 unspecified atom stereocenters. The van der Waals surface area contributed by atoms with Gasteiger partial charge in [-0.15, -0.1) is 0 Å². The third-order valence-electron chi connectivity index (χ3n) is 2.67. The molecule has 0 saturated carbocycles. The van der Waals surface area contributed by atoms with E-state index in [4.69, 9.17) is 0 Å². The summed E-state index contributed by atoms with van der Waals surface area (Å²) in [5.41, 5.74) is 2.55.